The summed E-state index contributed by atoms with van der Waals surface area (Å²) < 4.78 is 0. The van der Waals surface area contributed by atoms with Crippen LogP contribution in [0.15, 0.2) is 52.3 Å². The molecular formula is C19H20ClNOS. The van der Waals surface area contributed by atoms with Crippen LogP contribution >= 0.6 is 23.4 Å². The molecule has 2 aliphatic rings. The maximum atomic E-state index is 11.9. The first-order valence-corrected chi connectivity index (χ1v) is 9.27. The van der Waals surface area contributed by atoms with E-state index in [1.54, 1.807) is 11.8 Å². The molecule has 0 radical (unpaired) electrons. The molecule has 4 rings (SSSR count). The lowest BCUT2D eigenvalue weighted by molar-refractivity contribution is -0.0159. The zero-order valence-electron chi connectivity index (χ0n) is 13.1. The van der Waals surface area contributed by atoms with E-state index in [2.05, 4.69) is 24.1 Å². The van der Waals surface area contributed by atoms with Gasteiger partial charge in [-0.25, -0.2) is 0 Å². The van der Waals surface area contributed by atoms with Crippen molar-refractivity contribution < 1.29 is 5.11 Å². The van der Waals surface area contributed by atoms with Crippen LogP contribution in [0.3, 0.4) is 0 Å². The third-order valence-electron chi connectivity index (χ3n) is 5.18. The fourth-order valence-electron chi connectivity index (χ4n) is 3.90. The van der Waals surface area contributed by atoms with E-state index in [1.807, 2.05) is 30.3 Å². The van der Waals surface area contributed by atoms with Crippen LogP contribution in [-0.2, 0) is 5.60 Å². The molecule has 0 amide bonds. The van der Waals surface area contributed by atoms with E-state index in [4.69, 9.17) is 11.6 Å². The first-order chi connectivity index (χ1) is 11.1. The molecule has 0 aromatic heterocycles. The van der Waals surface area contributed by atoms with E-state index >= 15 is 0 Å². The normalized spacial score (nSPS) is 25.0. The van der Waals surface area contributed by atoms with Gasteiger partial charge in [0.05, 0.1) is 0 Å². The summed E-state index contributed by atoms with van der Waals surface area (Å²) in [5, 5.41) is 12.6. The predicted octanol–water partition coefficient (Wildman–Crippen LogP) is 4.38. The summed E-state index contributed by atoms with van der Waals surface area (Å²) >= 11 is 7.91. The molecule has 2 heterocycles. The highest BCUT2D eigenvalue weighted by molar-refractivity contribution is 7.99. The number of likely N-dealkylation sites (tertiary alicyclic amines) is 1. The maximum Gasteiger partial charge on any atom is 0.120 e. The third-order valence-corrected chi connectivity index (χ3v) is 6.55. The Morgan fingerprint density at radius 2 is 1.78 bits per heavy atom. The Morgan fingerprint density at radius 3 is 2.57 bits per heavy atom. The van der Waals surface area contributed by atoms with Gasteiger partial charge in [0, 0.05) is 25.9 Å². The predicted molar refractivity (Wildman–Crippen MR) is 95.2 cm³/mol. The third kappa shape index (κ3) is 2.51. The molecule has 2 nitrogen and oxygen atoms in total. The van der Waals surface area contributed by atoms with Gasteiger partial charge < -0.3 is 10.0 Å². The molecule has 23 heavy (non-hydrogen) atoms. The molecule has 1 atom stereocenters. The molecule has 2 aromatic carbocycles. The lowest BCUT2D eigenvalue weighted by Crippen LogP contribution is -2.44. The van der Waals surface area contributed by atoms with Gasteiger partial charge in [0.15, 0.2) is 0 Å². The quantitative estimate of drug-likeness (QED) is 0.829. The van der Waals surface area contributed by atoms with Crippen molar-refractivity contribution in [2.24, 2.45) is 5.92 Å². The maximum absolute atomic E-state index is 11.9. The van der Waals surface area contributed by atoms with Crippen molar-refractivity contribution in [3.05, 3.63) is 58.6 Å². The number of hydrogen-bond donors (Lipinski definition) is 1. The lowest BCUT2D eigenvalue weighted by atomic mass is 9.72. The van der Waals surface area contributed by atoms with Gasteiger partial charge in [-0.3, -0.25) is 0 Å². The second-order valence-corrected chi connectivity index (χ2v) is 8.10. The van der Waals surface area contributed by atoms with Crippen molar-refractivity contribution >= 4 is 23.4 Å². The second kappa shape index (κ2) is 5.82. The highest BCUT2D eigenvalue weighted by Gasteiger charge is 2.46. The summed E-state index contributed by atoms with van der Waals surface area (Å²) in [6, 6.07) is 14.1. The molecule has 0 saturated carbocycles. The number of rotatable bonds is 1. The number of halogens is 1. The van der Waals surface area contributed by atoms with Gasteiger partial charge in [-0.05, 0) is 57.1 Å². The second-order valence-electron chi connectivity index (χ2n) is 6.58. The number of benzene rings is 2. The van der Waals surface area contributed by atoms with Gasteiger partial charge in [-0.1, -0.05) is 47.6 Å². The molecule has 1 saturated heterocycles. The molecule has 120 valence electrons. The number of hydrogen-bond acceptors (Lipinski definition) is 3. The van der Waals surface area contributed by atoms with Crippen molar-refractivity contribution in [1.29, 1.82) is 0 Å². The number of aliphatic hydroxyl groups is 1. The number of fused-ring (bicyclic) bond motifs is 2. The van der Waals surface area contributed by atoms with Crippen molar-refractivity contribution in [3.63, 3.8) is 0 Å². The SMILES string of the molecule is CN1CCC(C2(O)c3ccccc3Sc3cc(Cl)ccc32)CC1. The van der Waals surface area contributed by atoms with Gasteiger partial charge in [-0.15, -0.1) is 0 Å². The molecule has 2 aromatic rings. The fraction of sp³-hybridized carbons (Fsp3) is 0.368. The molecule has 1 unspecified atom stereocenters. The number of nitrogens with zero attached hydrogens (tertiary/aromatic N) is 1. The Balaban J connectivity index is 1.87. The molecule has 0 spiro atoms. The minimum absolute atomic E-state index is 0.237. The average Bonchev–Trinajstić information content (AvgIpc) is 2.55. The van der Waals surface area contributed by atoms with Gasteiger partial charge in [0.2, 0.25) is 0 Å². The van der Waals surface area contributed by atoms with Crippen molar-refractivity contribution in [3.8, 4) is 0 Å². The fourth-order valence-corrected chi connectivity index (χ4v) is 5.37. The van der Waals surface area contributed by atoms with Crippen LogP contribution in [0.4, 0.5) is 0 Å². The van der Waals surface area contributed by atoms with Crippen molar-refractivity contribution in [2.75, 3.05) is 20.1 Å². The van der Waals surface area contributed by atoms with Crippen LogP contribution in [0, 0.1) is 5.92 Å². The summed E-state index contributed by atoms with van der Waals surface area (Å²) in [4.78, 5) is 4.56. The van der Waals surface area contributed by atoms with Crippen LogP contribution < -0.4 is 0 Å². The average molecular weight is 346 g/mol. The summed E-state index contributed by atoms with van der Waals surface area (Å²) in [5.74, 6) is 0.237. The summed E-state index contributed by atoms with van der Waals surface area (Å²) in [6.45, 7) is 2.07. The van der Waals surface area contributed by atoms with Gasteiger partial charge >= 0.3 is 0 Å². The van der Waals surface area contributed by atoms with E-state index in [1.165, 1.54) is 0 Å². The largest absolute Gasteiger partial charge is 0.380 e. The Kier molecular flexibility index (Phi) is 3.93. The minimum atomic E-state index is -0.914. The van der Waals surface area contributed by atoms with Crippen LogP contribution in [0.1, 0.15) is 24.0 Å². The Labute approximate surface area is 146 Å². The Bertz CT molecular complexity index is 742. The highest BCUT2D eigenvalue weighted by Crippen LogP contribution is 2.53. The minimum Gasteiger partial charge on any atom is -0.380 e. The van der Waals surface area contributed by atoms with E-state index in [0.29, 0.717) is 0 Å². The van der Waals surface area contributed by atoms with E-state index < -0.39 is 5.60 Å². The zero-order chi connectivity index (χ0) is 16.0. The molecule has 2 aliphatic heterocycles. The first kappa shape index (κ1) is 15.5. The molecule has 1 fully saturated rings. The summed E-state index contributed by atoms with van der Waals surface area (Å²) in [6.07, 6.45) is 2.02. The van der Waals surface area contributed by atoms with Crippen molar-refractivity contribution in [2.45, 2.75) is 28.2 Å². The standard InChI is InChI=1S/C19H20ClNOS/c1-21-10-8-13(9-11-21)19(22)15-4-2-3-5-17(15)23-18-12-14(20)6-7-16(18)19/h2-7,12-13,22H,8-11H2,1H3. The van der Waals surface area contributed by atoms with Crippen LogP contribution in [-0.4, -0.2) is 30.1 Å². The Hall–Kier alpha value is -1.00. The topological polar surface area (TPSA) is 23.5 Å². The number of piperidine rings is 1. The first-order valence-electron chi connectivity index (χ1n) is 8.07. The van der Waals surface area contributed by atoms with E-state index in [9.17, 15) is 5.11 Å². The van der Waals surface area contributed by atoms with E-state index in [0.717, 1.165) is 51.9 Å². The summed E-state index contributed by atoms with van der Waals surface area (Å²) in [5.41, 5.74) is 1.15. The van der Waals surface area contributed by atoms with Gasteiger partial charge in [0.25, 0.3) is 0 Å². The highest BCUT2D eigenvalue weighted by atomic mass is 35.5. The Morgan fingerprint density at radius 1 is 1.09 bits per heavy atom. The molecular weight excluding hydrogens is 326 g/mol. The van der Waals surface area contributed by atoms with Crippen LogP contribution in [0.2, 0.25) is 5.02 Å². The van der Waals surface area contributed by atoms with Crippen LogP contribution in [0.5, 0.6) is 0 Å². The molecule has 0 bridgehead atoms. The zero-order valence-corrected chi connectivity index (χ0v) is 14.7. The van der Waals surface area contributed by atoms with E-state index in [-0.39, 0.29) is 5.92 Å². The van der Waals surface area contributed by atoms with Gasteiger partial charge in [-0.2, -0.15) is 0 Å². The molecule has 0 aliphatic carbocycles. The molecule has 4 heteroatoms. The van der Waals surface area contributed by atoms with Gasteiger partial charge in [0.1, 0.15) is 5.60 Å². The van der Waals surface area contributed by atoms with Crippen molar-refractivity contribution in [1.82, 2.24) is 4.90 Å². The monoisotopic (exact) mass is 345 g/mol. The molecule has 1 N–H and O–H groups in total. The smallest absolute Gasteiger partial charge is 0.120 e. The lowest BCUT2D eigenvalue weighted by Gasteiger charge is -2.44. The van der Waals surface area contributed by atoms with Crippen LogP contribution in [0.25, 0.3) is 0 Å². The summed E-state index contributed by atoms with van der Waals surface area (Å²) in [7, 11) is 2.15.